The molecule has 1 fully saturated rings. The second-order valence-electron chi connectivity index (χ2n) is 7.61. The van der Waals surface area contributed by atoms with Gasteiger partial charge in [0, 0.05) is 24.0 Å². The molecule has 3 aromatic rings. The largest absolute Gasteiger partial charge is 0.327 e. The quantitative estimate of drug-likeness (QED) is 0.685. The number of amides is 1. The molecule has 1 atom stereocenters. The molecule has 0 N–H and O–H groups in total. The van der Waals surface area contributed by atoms with Crippen molar-refractivity contribution in [2.75, 3.05) is 0 Å². The fraction of sp³-hybridized carbons (Fsp3) is 0.429. The van der Waals surface area contributed by atoms with E-state index in [-0.39, 0.29) is 24.0 Å². The Bertz CT molecular complexity index is 975. The Morgan fingerprint density at radius 3 is 2.67 bits per heavy atom. The van der Waals surface area contributed by atoms with Crippen molar-refractivity contribution in [2.45, 2.75) is 58.7 Å². The maximum atomic E-state index is 13.6. The Morgan fingerprint density at radius 1 is 1.26 bits per heavy atom. The molecule has 1 aliphatic rings. The lowest BCUT2D eigenvalue weighted by Crippen LogP contribution is -2.36. The number of carbonyl (C=O) groups is 1. The Morgan fingerprint density at radius 2 is 2.04 bits per heavy atom. The Balaban J connectivity index is 1.78. The van der Waals surface area contributed by atoms with Gasteiger partial charge >= 0.3 is 0 Å². The van der Waals surface area contributed by atoms with E-state index < -0.39 is 0 Å². The molecule has 27 heavy (non-hydrogen) atoms. The van der Waals surface area contributed by atoms with Gasteiger partial charge in [0.15, 0.2) is 5.65 Å². The van der Waals surface area contributed by atoms with Gasteiger partial charge in [-0.3, -0.25) is 9.78 Å². The fourth-order valence-electron chi connectivity index (χ4n) is 3.61. The summed E-state index contributed by atoms with van der Waals surface area (Å²) < 4.78 is 1.88. The smallest absolute Gasteiger partial charge is 0.255 e. The zero-order chi connectivity index (χ0) is 19.1. The number of nitrogens with zero attached hydrogens (tertiary/aromatic N) is 5. The summed E-state index contributed by atoms with van der Waals surface area (Å²) >= 11 is 0. The minimum Gasteiger partial charge on any atom is -0.327 e. The van der Waals surface area contributed by atoms with Crippen LogP contribution < -0.4 is 0 Å². The van der Waals surface area contributed by atoms with E-state index in [4.69, 9.17) is 0 Å². The Labute approximate surface area is 159 Å². The van der Waals surface area contributed by atoms with E-state index in [1.54, 1.807) is 12.4 Å². The molecule has 6 heteroatoms. The van der Waals surface area contributed by atoms with Crippen LogP contribution in [0.25, 0.3) is 11.0 Å². The average Bonchev–Trinajstić information content (AvgIpc) is 3.39. The summed E-state index contributed by atoms with van der Waals surface area (Å²) in [6.45, 7) is 8.12. The number of carbonyl (C=O) groups excluding carboxylic acids is 1. The van der Waals surface area contributed by atoms with Gasteiger partial charge in [-0.25, -0.2) is 9.67 Å². The minimum absolute atomic E-state index is 0.0365. The zero-order valence-corrected chi connectivity index (χ0v) is 16.3. The molecule has 0 unspecified atom stereocenters. The first-order valence-corrected chi connectivity index (χ1v) is 9.56. The van der Waals surface area contributed by atoms with Gasteiger partial charge in [0.1, 0.15) is 0 Å². The van der Waals surface area contributed by atoms with Crippen molar-refractivity contribution in [1.29, 1.82) is 0 Å². The normalized spacial score (nSPS) is 15.3. The molecular formula is C21H25N5O. The lowest BCUT2D eigenvalue weighted by atomic mass is 10.1. The maximum Gasteiger partial charge on any atom is 0.255 e. The highest BCUT2D eigenvalue weighted by Gasteiger charge is 2.38. The summed E-state index contributed by atoms with van der Waals surface area (Å²) in [5.74, 6) is 0.0365. The van der Waals surface area contributed by atoms with Gasteiger partial charge in [0.25, 0.3) is 5.91 Å². The lowest BCUT2D eigenvalue weighted by Gasteiger charge is -2.29. The monoisotopic (exact) mass is 363 g/mol. The molecule has 4 rings (SSSR count). The van der Waals surface area contributed by atoms with Crippen LogP contribution >= 0.6 is 0 Å². The van der Waals surface area contributed by atoms with Crippen LogP contribution in [0.2, 0.25) is 0 Å². The van der Waals surface area contributed by atoms with Crippen molar-refractivity contribution in [2.24, 2.45) is 0 Å². The van der Waals surface area contributed by atoms with Gasteiger partial charge in [0.2, 0.25) is 0 Å². The summed E-state index contributed by atoms with van der Waals surface area (Å²) in [7, 11) is 0. The first-order valence-electron chi connectivity index (χ1n) is 9.56. The molecule has 1 amide bonds. The van der Waals surface area contributed by atoms with Gasteiger partial charge < -0.3 is 4.90 Å². The molecule has 1 saturated carbocycles. The van der Waals surface area contributed by atoms with Crippen molar-refractivity contribution < 1.29 is 4.79 Å². The first kappa shape index (κ1) is 17.6. The van der Waals surface area contributed by atoms with Gasteiger partial charge in [-0.15, -0.1) is 0 Å². The van der Waals surface area contributed by atoms with E-state index >= 15 is 0 Å². The SMILES string of the molecule is Cc1cc(C(=O)N(C2CC2)[C@@H](C)c2ccccn2)c2cnn(C(C)C)c2n1. The Hall–Kier alpha value is -2.76. The van der Waals surface area contributed by atoms with Gasteiger partial charge in [-0.2, -0.15) is 5.10 Å². The molecule has 140 valence electrons. The molecule has 3 heterocycles. The molecule has 1 aliphatic carbocycles. The number of hydrogen-bond donors (Lipinski definition) is 0. The molecule has 0 spiro atoms. The molecule has 0 saturated heterocycles. The van der Waals surface area contributed by atoms with Crippen LogP contribution in [0.15, 0.2) is 36.7 Å². The van der Waals surface area contributed by atoms with Crippen LogP contribution in [0.1, 0.15) is 67.4 Å². The molecule has 0 bridgehead atoms. The van der Waals surface area contributed by atoms with E-state index in [1.807, 2.05) is 40.8 Å². The van der Waals surface area contributed by atoms with E-state index in [0.29, 0.717) is 5.56 Å². The van der Waals surface area contributed by atoms with Crippen LogP contribution in [-0.4, -0.2) is 36.6 Å². The second kappa shape index (κ2) is 6.76. The summed E-state index contributed by atoms with van der Waals surface area (Å²) in [5, 5.41) is 5.29. The average molecular weight is 363 g/mol. The number of pyridine rings is 2. The molecular weight excluding hydrogens is 338 g/mol. The number of rotatable bonds is 5. The van der Waals surface area contributed by atoms with E-state index in [0.717, 1.165) is 35.3 Å². The minimum atomic E-state index is -0.0742. The Kier molecular flexibility index (Phi) is 4.42. The topological polar surface area (TPSA) is 63.9 Å². The van der Waals surface area contributed by atoms with Crippen molar-refractivity contribution in [3.8, 4) is 0 Å². The van der Waals surface area contributed by atoms with Crippen molar-refractivity contribution in [1.82, 2.24) is 24.6 Å². The summed E-state index contributed by atoms with van der Waals surface area (Å²) in [4.78, 5) is 24.7. The van der Waals surface area contributed by atoms with Crippen LogP contribution in [0.4, 0.5) is 0 Å². The van der Waals surface area contributed by atoms with Crippen molar-refractivity contribution in [3.63, 3.8) is 0 Å². The summed E-state index contributed by atoms with van der Waals surface area (Å²) in [6.07, 6.45) is 5.64. The second-order valence-corrected chi connectivity index (χ2v) is 7.61. The highest BCUT2D eigenvalue weighted by atomic mass is 16.2. The van der Waals surface area contributed by atoms with E-state index in [9.17, 15) is 4.79 Å². The van der Waals surface area contributed by atoms with Gasteiger partial charge in [-0.05, 0) is 58.7 Å². The van der Waals surface area contributed by atoms with Gasteiger partial charge in [-0.1, -0.05) is 6.07 Å². The number of fused-ring (bicyclic) bond motifs is 1. The fourth-order valence-corrected chi connectivity index (χ4v) is 3.61. The summed E-state index contributed by atoms with van der Waals surface area (Å²) in [5.41, 5.74) is 3.20. The third-order valence-corrected chi connectivity index (χ3v) is 5.12. The first-order chi connectivity index (χ1) is 13.0. The third-order valence-electron chi connectivity index (χ3n) is 5.12. The number of aryl methyl sites for hydroxylation is 1. The number of hydrogen-bond acceptors (Lipinski definition) is 4. The molecule has 3 aromatic heterocycles. The van der Waals surface area contributed by atoms with Crippen molar-refractivity contribution in [3.05, 3.63) is 53.6 Å². The predicted octanol–water partition coefficient (Wildman–Crippen LogP) is 4.08. The molecule has 0 radical (unpaired) electrons. The standard InChI is InChI=1S/C21H25N5O/c1-13(2)26-20-18(12-23-26)17(11-14(3)24-20)21(27)25(16-8-9-16)15(4)19-7-5-6-10-22-19/h5-7,10-13,15-16H,8-9H2,1-4H3/t15-/m0/s1. The van der Waals surface area contributed by atoms with Crippen molar-refractivity contribution >= 4 is 16.9 Å². The van der Waals surface area contributed by atoms with Crippen LogP contribution in [0.5, 0.6) is 0 Å². The van der Waals surface area contributed by atoms with E-state index in [2.05, 4.69) is 35.8 Å². The van der Waals surface area contributed by atoms with Crippen LogP contribution in [0, 0.1) is 6.92 Å². The summed E-state index contributed by atoms with van der Waals surface area (Å²) in [6, 6.07) is 8.13. The molecule has 0 aliphatic heterocycles. The molecule has 6 nitrogen and oxygen atoms in total. The predicted molar refractivity (Wildman–Crippen MR) is 104 cm³/mol. The maximum absolute atomic E-state index is 13.6. The molecule has 0 aromatic carbocycles. The lowest BCUT2D eigenvalue weighted by molar-refractivity contribution is 0.0672. The zero-order valence-electron chi connectivity index (χ0n) is 16.3. The van der Waals surface area contributed by atoms with Gasteiger partial charge in [0.05, 0.1) is 28.9 Å². The highest BCUT2D eigenvalue weighted by Crippen LogP contribution is 2.36. The van der Waals surface area contributed by atoms with Crippen LogP contribution in [0.3, 0.4) is 0 Å². The number of aromatic nitrogens is 4. The third kappa shape index (κ3) is 3.20. The van der Waals surface area contributed by atoms with Crippen LogP contribution in [-0.2, 0) is 0 Å². The highest BCUT2D eigenvalue weighted by molar-refractivity contribution is 6.05. The van der Waals surface area contributed by atoms with E-state index in [1.165, 1.54) is 0 Å².